The summed E-state index contributed by atoms with van der Waals surface area (Å²) in [5.74, 6) is 0.234. The molecule has 0 aliphatic rings. The van der Waals surface area contributed by atoms with E-state index in [1.54, 1.807) is 0 Å². The number of hydrogen-bond acceptors (Lipinski definition) is 3. The fourth-order valence-electron chi connectivity index (χ4n) is 1.06. The molecular weight excluding hydrogens is 235 g/mol. The highest BCUT2D eigenvalue weighted by molar-refractivity contribution is 7.99. The largest absolute Gasteiger partial charge is 0.302 e. The van der Waals surface area contributed by atoms with Gasteiger partial charge < -0.3 is 0 Å². The fourth-order valence-corrected chi connectivity index (χ4v) is 2.58. The SMILES string of the molecule is Cc1ccc(SCCCS(=O)(=O)F)cc1. The average Bonchev–Trinajstić information content (AvgIpc) is 2.14. The zero-order valence-corrected chi connectivity index (χ0v) is 10.1. The molecule has 0 bridgehead atoms. The molecule has 0 atom stereocenters. The van der Waals surface area contributed by atoms with Crippen LogP contribution in [0.25, 0.3) is 0 Å². The van der Waals surface area contributed by atoms with Gasteiger partial charge >= 0.3 is 10.2 Å². The van der Waals surface area contributed by atoms with Crippen LogP contribution in [0.1, 0.15) is 12.0 Å². The Labute approximate surface area is 94.1 Å². The molecule has 5 heteroatoms. The molecule has 15 heavy (non-hydrogen) atoms. The van der Waals surface area contributed by atoms with Crippen LogP contribution in [0.5, 0.6) is 0 Å². The van der Waals surface area contributed by atoms with Crippen molar-refractivity contribution in [1.82, 2.24) is 0 Å². The molecule has 0 saturated heterocycles. The summed E-state index contributed by atoms with van der Waals surface area (Å²) < 4.78 is 32.6. The van der Waals surface area contributed by atoms with Gasteiger partial charge in [-0.2, -0.15) is 8.42 Å². The first kappa shape index (κ1) is 12.5. The van der Waals surface area contributed by atoms with Gasteiger partial charge in [-0.25, -0.2) is 0 Å². The molecule has 2 nitrogen and oxygen atoms in total. The third-order valence-electron chi connectivity index (χ3n) is 1.82. The van der Waals surface area contributed by atoms with E-state index in [4.69, 9.17) is 0 Å². The van der Waals surface area contributed by atoms with Crippen LogP contribution >= 0.6 is 11.8 Å². The Morgan fingerprint density at radius 3 is 2.40 bits per heavy atom. The van der Waals surface area contributed by atoms with Crippen LogP contribution in [0, 0.1) is 6.92 Å². The van der Waals surface area contributed by atoms with Gasteiger partial charge in [-0.3, -0.25) is 0 Å². The lowest BCUT2D eigenvalue weighted by molar-refractivity contribution is 0.551. The number of thioether (sulfide) groups is 1. The first-order chi connectivity index (χ1) is 6.97. The van der Waals surface area contributed by atoms with Gasteiger partial charge in [0.2, 0.25) is 0 Å². The lowest BCUT2D eigenvalue weighted by Gasteiger charge is -2.00. The van der Waals surface area contributed by atoms with E-state index < -0.39 is 10.2 Å². The number of halogens is 1. The van der Waals surface area contributed by atoms with Gasteiger partial charge in [0, 0.05) is 4.90 Å². The third kappa shape index (κ3) is 5.79. The van der Waals surface area contributed by atoms with Crippen molar-refractivity contribution in [2.24, 2.45) is 0 Å². The predicted octanol–water partition coefficient (Wildman–Crippen LogP) is 2.78. The van der Waals surface area contributed by atoms with E-state index in [0.717, 1.165) is 4.90 Å². The molecular formula is C10H13FO2S2. The molecule has 0 N–H and O–H groups in total. The van der Waals surface area contributed by atoms with E-state index in [-0.39, 0.29) is 5.75 Å². The fraction of sp³-hybridized carbons (Fsp3) is 0.400. The Kier molecular flexibility index (Phi) is 4.60. The third-order valence-corrected chi connectivity index (χ3v) is 3.70. The summed E-state index contributed by atoms with van der Waals surface area (Å²) in [5.41, 5.74) is 1.19. The van der Waals surface area contributed by atoms with Gasteiger partial charge in [-0.1, -0.05) is 17.7 Å². The van der Waals surface area contributed by atoms with Gasteiger partial charge in [-0.05, 0) is 31.2 Å². The number of benzene rings is 1. The molecule has 0 fully saturated rings. The lowest BCUT2D eigenvalue weighted by Crippen LogP contribution is -1.99. The molecule has 1 rings (SSSR count). The normalized spacial score (nSPS) is 11.6. The Morgan fingerprint density at radius 1 is 1.27 bits per heavy atom. The van der Waals surface area contributed by atoms with Crippen molar-refractivity contribution >= 4 is 22.0 Å². The van der Waals surface area contributed by atoms with Crippen molar-refractivity contribution in [1.29, 1.82) is 0 Å². The minimum Gasteiger partial charge on any atom is -0.195 e. The summed E-state index contributed by atoms with van der Waals surface area (Å²) >= 11 is 1.54. The van der Waals surface area contributed by atoms with Crippen LogP contribution in [0.2, 0.25) is 0 Å². The Bertz CT molecular complexity index is 398. The molecule has 0 heterocycles. The molecule has 0 aliphatic carbocycles. The van der Waals surface area contributed by atoms with Crippen molar-refractivity contribution in [3.63, 3.8) is 0 Å². The molecule has 0 aromatic heterocycles. The van der Waals surface area contributed by atoms with Gasteiger partial charge in [0.15, 0.2) is 0 Å². The number of hydrogen-bond donors (Lipinski definition) is 0. The van der Waals surface area contributed by atoms with Crippen molar-refractivity contribution < 1.29 is 12.3 Å². The second kappa shape index (κ2) is 5.51. The molecule has 0 aliphatic heterocycles. The van der Waals surface area contributed by atoms with Crippen molar-refractivity contribution in [3.8, 4) is 0 Å². The molecule has 1 aromatic rings. The topological polar surface area (TPSA) is 34.1 Å². The van der Waals surface area contributed by atoms with E-state index in [1.165, 1.54) is 17.3 Å². The highest BCUT2D eigenvalue weighted by atomic mass is 32.3. The van der Waals surface area contributed by atoms with Crippen LogP contribution in [0.3, 0.4) is 0 Å². The van der Waals surface area contributed by atoms with Gasteiger partial charge in [0.05, 0.1) is 5.75 Å². The summed E-state index contributed by atoms with van der Waals surface area (Å²) in [6.07, 6.45) is 0.345. The first-order valence-electron chi connectivity index (χ1n) is 4.59. The van der Waals surface area contributed by atoms with E-state index in [0.29, 0.717) is 12.2 Å². The summed E-state index contributed by atoms with van der Waals surface area (Å²) in [4.78, 5) is 1.08. The van der Waals surface area contributed by atoms with Crippen molar-refractivity contribution in [2.45, 2.75) is 18.2 Å². The summed E-state index contributed by atoms with van der Waals surface area (Å²) in [5, 5.41) is 0. The Balaban J connectivity index is 2.29. The summed E-state index contributed by atoms with van der Waals surface area (Å²) in [6.45, 7) is 2.00. The summed E-state index contributed by atoms with van der Waals surface area (Å²) in [6, 6.07) is 7.94. The van der Waals surface area contributed by atoms with E-state index in [9.17, 15) is 12.3 Å². The van der Waals surface area contributed by atoms with Crippen LogP contribution in [0.15, 0.2) is 29.2 Å². The van der Waals surface area contributed by atoms with E-state index in [2.05, 4.69) is 0 Å². The van der Waals surface area contributed by atoms with Crippen molar-refractivity contribution in [3.05, 3.63) is 29.8 Å². The highest BCUT2D eigenvalue weighted by Gasteiger charge is 2.05. The minimum absolute atomic E-state index is 0.345. The maximum absolute atomic E-state index is 12.1. The van der Waals surface area contributed by atoms with Crippen LogP contribution in [-0.2, 0) is 10.2 Å². The van der Waals surface area contributed by atoms with Crippen LogP contribution in [-0.4, -0.2) is 19.9 Å². The second-order valence-electron chi connectivity index (χ2n) is 3.26. The zero-order valence-electron chi connectivity index (χ0n) is 8.44. The average molecular weight is 248 g/mol. The predicted molar refractivity (Wildman–Crippen MR) is 61.4 cm³/mol. The Hall–Kier alpha value is -0.550. The zero-order chi connectivity index (χ0) is 11.3. The van der Waals surface area contributed by atoms with Gasteiger partial charge in [0.1, 0.15) is 0 Å². The smallest absolute Gasteiger partial charge is 0.195 e. The van der Waals surface area contributed by atoms with E-state index in [1.807, 2.05) is 31.2 Å². The molecule has 84 valence electrons. The van der Waals surface area contributed by atoms with Gasteiger partial charge in [0.25, 0.3) is 0 Å². The second-order valence-corrected chi connectivity index (χ2v) is 5.91. The monoisotopic (exact) mass is 248 g/mol. The van der Waals surface area contributed by atoms with E-state index >= 15 is 0 Å². The highest BCUT2D eigenvalue weighted by Crippen LogP contribution is 2.19. The van der Waals surface area contributed by atoms with Crippen LogP contribution in [0.4, 0.5) is 3.89 Å². The molecule has 0 amide bonds. The molecule has 1 aromatic carbocycles. The molecule has 0 unspecified atom stereocenters. The maximum Gasteiger partial charge on any atom is 0.302 e. The lowest BCUT2D eigenvalue weighted by atomic mass is 10.2. The molecule has 0 spiro atoms. The molecule has 0 saturated carbocycles. The van der Waals surface area contributed by atoms with Crippen molar-refractivity contribution in [2.75, 3.05) is 11.5 Å². The number of rotatable bonds is 5. The summed E-state index contributed by atoms with van der Waals surface area (Å²) in [7, 11) is -4.30. The number of aryl methyl sites for hydroxylation is 1. The first-order valence-corrected chi connectivity index (χ1v) is 7.13. The quantitative estimate of drug-likeness (QED) is 0.456. The maximum atomic E-state index is 12.1. The Morgan fingerprint density at radius 2 is 1.87 bits per heavy atom. The minimum atomic E-state index is -4.30. The standard InChI is InChI=1S/C10H13FO2S2/c1-9-3-5-10(6-4-9)14-7-2-8-15(11,12)13/h3-6H,2,7-8H2,1H3. The molecule has 0 radical (unpaired) electrons. The van der Waals surface area contributed by atoms with Crippen LogP contribution < -0.4 is 0 Å². The van der Waals surface area contributed by atoms with Gasteiger partial charge in [-0.15, -0.1) is 15.6 Å².